The number of carbonyl (C=O) groups is 1. The number of hydrogen-bond donors (Lipinski definition) is 1. The first-order valence-corrected chi connectivity index (χ1v) is 7.14. The van der Waals surface area contributed by atoms with E-state index in [2.05, 4.69) is 20.8 Å². The Balaban J connectivity index is 2.23. The maximum Gasteiger partial charge on any atom is 0.308 e. The lowest BCUT2D eigenvalue weighted by atomic mass is 10.0. The number of hydrogen-bond acceptors (Lipinski definition) is 2. The molecule has 1 aliphatic rings. The second kappa shape index (κ2) is 5.59. The molecule has 3 nitrogen and oxygen atoms in total. The van der Waals surface area contributed by atoms with Crippen molar-refractivity contribution >= 4 is 21.9 Å². The molecular formula is C14H17BrFNO2. The topological polar surface area (TPSA) is 40.5 Å². The van der Waals surface area contributed by atoms with E-state index in [0.717, 1.165) is 4.47 Å². The Bertz CT molecular complexity index is 494. The molecule has 0 radical (unpaired) electrons. The van der Waals surface area contributed by atoms with Gasteiger partial charge in [-0.25, -0.2) is 4.39 Å². The first-order valence-electron chi connectivity index (χ1n) is 6.35. The second-order valence-corrected chi connectivity index (χ2v) is 5.97. The van der Waals surface area contributed by atoms with Gasteiger partial charge in [-0.05, 0) is 45.0 Å². The van der Waals surface area contributed by atoms with Crippen LogP contribution in [0, 0.1) is 11.7 Å². The van der Waals surface area contributed by atoms with Crippen LogP contribution in [0.5, 0.6) is 0 Å². The van der Waals surface area contributed by atoms with Crippen molar-refractivity contribution < 1.29 is 14.3 Å². The summed E-state index contributed by atoms with van der Waals surface area (Å²) in [6, 6.07) is 4.66. The third-order valence-electron chi connectivity index (χ3n) is 4.03. The molecule has 0 saturated carbocycles. The second-order valence-electron chi connectivity index (χ2n) is 5.05. The van der Waals surface area contributed by atoms with E-state index in [0.29, 0.717) is 18.5 Å². The van der Waals surface area contributed by atoms with E-state index in [-0.39, 0.29) is 23.8 Å². The number of carboxylic acid groups (broad SMARTS) is 1. The lowest BCUT2D eigenvalue weighted by Crippen LogP contribution is -2.35. The van der Waals surface area contributed by atoms with Crippen LogP contribution in [-0.4, -0.2) is 28.6 Å². The summed E-state index contributed by atoms with van der Waals surface area (Å²) < 4.78 is 14.7. The summed E-state index contributed by atoms with van der Waals surface area (Å²) >= 11 is 3.34. The van der Waals surface area contributed by atoms with E-state index in [1.54, 1.807) is 12.1 Å². The van der Waals surface area contributed by atoms with Crippen LogP contribution in [0.25, 0.3) is 0 Å². The molecule has 1 heterocycles. The van der Waals surface area contributed by atoms with Crippen molar-refractivity contribution in [2.45, 2.75) is 32.4 Å². The first-order chi connectivity index (χ1) is 8.91. The molecule has 1 N–H and O–H groups in total. The summed E-state index contributed by atoms with van der Waals surface area (Å²) in [5.74, 6) is -1.38. The van der Waals surface area contributed by atoms with Crippen LogP contribution >= 0.6 is 15.9 Å². The van der Waals surface area contributed by atoms with Crippen LogP contribution < -0.4 is 0 Å². The lowest BCUT2D eigenvalue weighted by Gasteiger charge is -2.30. The van der Waals surface area contributed by atoms with Gasteiger partial charge in [-0.1, -0.05) is 15.9 Å². The number of likely N-dealkylation sites (tertiary alicyclic amines) is 1. The van der Waals surface area contributed by atoms with Gasteiger partial charge in [-0.2, -0.15) is 0 Å². The summed E-state index contributed by atoms with van der Waals surface area (Å²) in [6.45, 7) is 4.51. The standard InChI is InChI=1S/C14H17BrFNO2/c1-8-11(14(18)19)5-6-17(8)9(2)12-7-10(15)3-4-13(12)16/h3-4,7-9,11H,5-6H2,1-2H3,(H,18,19). The van der Waals surface area contributed by atoms with Crippen molar-refractivity contribution in [1.29, 1.82) is 0 Å². The molecule has 1 aromatic rings. The number of rotatable bonds is 3. The van der Waals surface area contributed by atoms with E-state index in [4.69, 9.17) is 5.11 Å². The van der Waals surface area contributed by atoms with Crippen molar-refractivity contribution in [3.63, 3.8) is 0 Å². The fourth-order valence-corrected chi connectivity index (χ4v) is 3.23. The SMILES string of the molecule is CC(c1cc(Br)ccc1F)N1CCC(C(=O)O)C1C. The number of benzene rings is 1. The Labute approximate surface area is 120 Å². The number of aliphatic carboxylic acids is 1. The lowest BCUT2D eigenvalue weighted by molar-refractivity contribution is -0.142. The Hall–Kier alpha value is -0.940. The van der Waals surface area contributed by atoms with Crippen LogP contribution in [0.1, 0.15) is 31.9 Å². The van der Waals surface area contributed by atoms with Crippen molar-refractivity contribution in [3.05, 3.63) is 34.1 Å². The number of halogens is 2. The van der Waals surface area contributed by atoms with Gasteiger partial charge in [-0.3, -0.25) is 9.69 Å². The van der Waals surface area contributed by atoms with Crippen molar-refractivity contribution in [2.75, 3.05) is 6.54 Å². The molecule has 1 saturated heterocycles. The van der Waals surface area contributed by atoms with Gasteiger partial charge in [-0.15, -0.1) is 0 Å². The van der Waals surface area contributed by atoms with Gasteiger partial charge in [0.15, 0.2) is 0 Å². The van der Waals surface area contributed by atoms with Crippen molar-refractivity contribution in [1.82, 2.24) is 4.90 Å². The molecule has 104 valence electrons. The van der Waals surface area contributed by atoms with Gasteiger partial charge < -0.3 is 5.11 Å². The normalized spacial score (nSPS) is 25.5. The molecule has 0 aliphatic carbocycles. The van der Waals surface area contributed by atoms with E-state index < -0.39 is 5.97 Å². The number of nitrogens with zero attached hydrogens (tertiary/aromatic N) is 1. The van der Waals surface area contributed by atoms with Gasteiger partial charge in [0.05, 0.1) is 5.92 Å². The monoisotopic (exact) mass is 329 g/mol. The van der Waals surface area contributed by atoms with Crippen molar-refractivity contribution in [3.8, 4) is 0 Å². The third kappa shape index (κ3) is 2.82. The maximum atomic E-state index is 13.9. The summed E-state index contributed by atoms with van der Waals surface area (Å²) in [5, 5.41) is 9.14. The third-order valence-corrected chi connectivity index (χ3v) is 4.52. The Morgan fingerprint density at radius 1 is 1.58 bits per heavy atom. The quantitative estimate of drug-likeness (QED) is 0.923. The maximum absolute atomic E-state index is 13.9. The van der Waals surface area contributed by atoms with Crippen molar-refractivity contribution in [2.24, 2.45) is 5.92 Å². The molecule has 0 spiro atoms. The van der Waals surface area contributed by atoms with Crippen LogP contribution in [-0.2, 0) is 4.79 Å². The van der Waals surface area contributed by atoms with Gasteiger partial charge in [0.2, 0.25) is 0 Å². The zero-order valence-electron chi connectivity index (χ0n) is 10.9. The van der Waals surface area contributed by atoms with Gasteiger partial charge in [0.25, 0.3) is 0 Å². The van der Waals surface area contributed by atoms with Gasteiger partial charge in [0.1, 0.15) is 5.82 Å². The minimum absolute atomic E-state index is 0.0779. The van der Waals surface area contributed by atoms with Gasteiger partial charge >= 0.3 is 5.97 Å². The molecule has 1 fully saturated rings. The van der Waals surface area contributed by atoms with Gasteiger partial charge in [0, 0.05) is 22.1 Å². The Morgan fingerprint density at radius 3 is 2.84 bits per heavy atom. The summed E-state index contributed by atoms with van der Waals surface area (Å²) in [4.78, 5) is 13.2. The molecule has 19 heavy (non-hydrogen) atoms. The minimum atomic E-state index is -0.767. The zero-order valence-corrected chi connectivity index (χ0v) is 12.5. The number of carboxylic acids is 1. The van der Waals surface area contributed by atoms with Crippen LogP contribution in [0.15, 0.2) is 22.7 Å². The van der Waals surface area contributed by atoms with E-state index in [9.17, 15) is 9.18 Å². The molecule has 3 unspecified atom stereocenters. The van der Waals surface area contributed by atoms with Crippen LogP contribution in [0.3, 0.4) is 0 Å². The summed E-state index contributed by atoms with van der Waals surface area (Å²) in [7, 11) is 0. The highest BCUT2D eigenvalue weighted by molar-refractivity contribution is 9.10. The van der Waals surface area contributed by atoms with Crippen LogP contribution in [0.4, 0.5) is 4.39 Å². The molecule has 1 aliphatic heterocycles. The van der Waals surface area contributed by atoms with Crippen LogP contribution in [0.2, 0.25) is 0 Å². The molecule has 0 bridgehead atoms. The molecule has 0 aromatic heterocycles. The Morgan fingerprint density at radius 2 is 2.26 bits per heavy atom. The highest BCUT2D eigenvalue weighted by atomic mass is 79.9. The zero-order chi connectivity index (χ0) is 14.2. The highest BCUT2D eigenvalue weighted by Crippen LogP contribution is 2.34. The molecule has 3 atom stereocenters. The fraction of sp³-hybridized carbons (Fsp3) is 0.500. The average Bonchev–Trinajstić information content (AvgIpc) is 2.73. The largest absolute Gasteiger partial charge is 0.481 e. The fourth-order valence-electron chi connectivity index (χ4n) is 2.85. The summed E-state index contributed by atoms with van der Waals surface area (Å²) in [6.07, 6.45) is 0.621. The minimum Gasteiger partial charge on any atom is -0.481 e. The predicted octanol–water partition coefficient (Wildman–Crippen LogP) is 3.44. The molecule has 1 aromatic carbocycles. The smallest absolute Gasteiger partial charge is 0.308 e. The summed E-state index contributed by atoms with van der Waals surface area (Å²) in [5.41, 5.74) is 0.604. The first kappa shape index (κ1) is 14.5. The predicted molar refractivity (Wildman–Crippen MR) is 74.4 cm³/mol. The highest BCUT2D eigenvalue weighted by Gasteiger charge is 2.38. The van der Waals surface area contributed by atoms with E-state index in [1.165, 1.54) is 6.07 Å². The van der Waals surface area contributed by atoms with E-state index >= 15 is 0 Å². The molecule has 5 heteroatoms. The molecule has 2 rings (SSSR count). The average molecular weight is 330 g/mol. The van der Waals surface area contributed by atoms with E-state index in [1.807, 2.05) is 13.8 Å². The Kier molecular flexibility index (Phi) is 4.26. The molecular weight excluding hydrogens is 313 g/mol. The molecule has 0 amide bonds.